The van der Waals surface area contributed by atoms with Gasteiger partial charge in [-0.3, -0.25) is 4.79 Å². The number of anilines is 1. The van der Waals surface area contributed by atoms with E-state index in [1.54, 1.807) is 11.9 Å². The normalized spacial score (nSPS) is 16.6. The van der Waals surface area contributed by atoms with Crippen molar-refractivity contribution in [3.05, 3.63) is 63.7 Å². The fourth-order valence-electron chi connectivity index (χ4n) is 3.08. The van der Waals surface area contributed by atoms with Gasteiger partial charge >= 0.3 is 5.97 Å². The second kappa shape index (κ2) is 6.44. The summed E-state index contributed by atoms with van der Waals surface area (Å²) in [4.78, 5) is 26.6. The van der Waals surface area contributed by atoms with Gasteiger partial charge in [-0.05, 0) is 24.3 Å². The summed E-state index contributed by atoms with van der Waals surface area (Å²) in [6.07, 6.45) is 0. The van der Waals surface area contributed by atoms with Crippen molar-refractivity contribution >= 4 is 29.0 Å². The number of carbonyl (C=O) groups excluding carboxylic acids is 2. The van der Waals surface area contributed by atoms with Crippen molar-refractivity contribution in [3.8, 4) is 0 Å². The second-order valence-corrected chi connectivity index (χ2v) is 6.24. The highest BCUT2D eigenvalue weighted by Gasteiger charge is 2.37. The van der Waals surface area contributed by atoms with Crippen molar-refractivity contribution in [2.45, 2.75) is 5.92 Å². The van der Waals surface area contributed by atoms with Gasteiger partial charge in [-0.15, -0.1) is 0 Å². The molecule has 0 saturated carbocycles. The Hall–Kier alpha value is -2.47. The number of carbonyl (C=O) groups is 2. The molecule has 130 valence electrons. The lowest BCUT2D eigenvalue weighted by Crippen LogP contribution is -2.37. The van der Waals surface area contributed by atoms with Crippen LogP contribution in [0.5, 0.6) is 0 Å². The monoisotopic (exact) mass is 365 g/mol. The van der Waals surface area contributed by atoms with Crippen LogP contribution in [-0.4, -0.2) is 32.5 Å². The van der Waals surface area contributed by atoms with Crippen molar-refractivity contribution in [1.82, 2.24) is 0 Å². The fraction of sp³-hybridized carbons (Fsp3) is 0.222. The van der Waals surface area contributed by atoms with E-state index >= 15 is 0 Å². The van der Waals surface area contributed by atoms with E-state index < -0.39 is 29.3 Å². The van der Waals surface area contributed by atoms with Crippen molar-refractivity contribution in [2.24, 2.45) is 0 Å². The van der Waals surface area contributed by atoms with Gasteiger partial charge in [0.05, 0.1) is 29.8 Å². The van der Waals surface area contributed by atoms with Gasteiger partial charge in [0.15, 0.2) is 5.78 Å². The van der Waals surface area contributed by atoms with E-state index in [1.807, 2.05) is 0 Å². The Morgan fingerprint density at radius 1 is 1.28 bits per heavy atom. The molecule has 1 aliphatic heterocycles. The number of likely N-dealkylation sites (N-methyl/N-ethyl adjacent to an activating group) is 1. The van der Waals surface area contributed by atoms with Crippen LogP contribution in [0, 0.1) is 11.6 Å². The molecule has 25 heavy (non-hydrogen) atoms. The third-order valence-electron chi connectivity index (χ3n) is 4.26. The number of benzene rings is 2. The van der Waals surface area contributed by atoms with Crippen LogP contribution >= 0.6 is 11.6 Å². The number of ether oxygens (including phenoxy) is 1. The van der Waals surface area contributed by atoms with Crippen LogP contribution in [0.1, 0.15) is 32.2 Å². The molecule has 3 rings (SSSR count). The van der Waals surface area contributed by atoms with E-state index in [1.165, 1.54) is 18.2 Å². The first-order valence-electron chi connectivity index (χ1n) is 7.45. The third-order valence-corrected chi connectivity index (χ3v) is 4.49. The minimum absolute atomic E-state index is 0.0290. The van der Waals surface area contributed by atoms with Gasteiger partial charge in [-0.1, -0.05) is 17.7 Å². The molecule has 1 atom stereocenters. The van der Waals surface area contributed by atoms with Crippen LogP contribution in [0.2, 0.25) is 5.02 Å². The molecule has 0 fully saturated rings. The molecular weight excluding hydrogens is 352 g/mol. The maximum atomic E-state index is 14.3. The molecule has 4 nitrogen and oxygen atoms in total. The first-order chi connectivity index (χ1) is 11.8. The lowest BCUT2D eigenvalue weighted by molar-refractivity contribution is 0.0595. The van der Waals surface area contributed by atoms with Crippen molar-refractivity contribution in [2.75, 3.05) is 25.6 Å². The molecule has 1 unspecified atom stereocenters. The summed E-state index contributed by atoms with van der Waals surface area (Å²) in [5.74, 6) is -3.40. The summed E-state index contributed by atoms with van der Waals surface area (Å²) in [6.45, 7) is 0.147. The number of ketones is 1. The summed E-state index contributed by atoms with van der Waals surface area (Å²) < 4.78 is 32.8. The molecule has 0 N–H and O–H groups in total. The zero-order valence-electron chi connectivity index (χ0n) is 13.5. The molecule has 2 aromatic rings. The maximum absolute atomic E-state index is 14.3. The highest BCUT2D eigenvalue weighted by molar-refractivity contribution is 6.30. The third kappa shape index (κ3) is 2.98. The highest BCUT2D eigenvalue weighted by Crippen LogP contribution is 2.37. The summed E-state index contributed by atoms with van der Waals surface area (Å²) in [5, 5.41) is 0.218. The van der Waals surface area contributed by atoms with E-state index in [9.17, 15) is 18.4 Å². The molecule has 1 aliphatic rings. The summed E-state index contributed by atoms with van der Waals surface area (Å²) in [7, 11) is 2.79. The number of methoxy groups -OCH3 is 1. The molecule has 0 amide bonds. The Morgan fingerprint density at radius 3 is 2.64 bits per heavy atom. The van der Waals surface area contributed by atoms with Crippen LogP contribution in [0.3, 0.4) is 0 Å². The Bertz CT molecular complexity index is 885. The first-order valence-corrected chi connectivity index (χ1v) is 7.83. The van der Waals surface area contributed by atoms with E-state index in [2.05, 4.69) is 4.74 Å². The van der Waals surface area contributed by atoms with Gasteiger partial charge in [0.2, 0.25) is 0 Å². The predicted octanol–water partition coefficient (Wildman–Crippen LogP) is 3.82. The van der Waals surface area contributed by atoms with E-state index in [4.69, 9.17) is 11.6 Å². The maximum Gasteiger partial charge on any atom is 0.338 e. The average Bonchev–Trinajstić information content (AvgIpc) is 2.57. The molecule has 0 radical (unpaired) electrons. The number of Topliss-reactive ketones (excluding diaryl/α,β-unsaturated/α-hetero) is 1. The summed E-state index contributed by atoms with van der Waals surface area (Å²) >= 11 is 5.77. The van der Waals surface area contributed by atoms with Gasteiger partial charge < -0.3 is 9.64 Å². The largest absolute Gasteiger partial charge is 0.465 e. The van der Waals surface area contributed by atoms with Gasteiger partial charge in [-0.25, -0.2) is 13.6 Å². The smallest absolute Gasteiger partial charge is 0.338 e. The second-order valence-electron chi connectivity index (χ2n) is 5.80. The minimum Gasteiger partial charge on any atom is -0.465 e. The van der Waals surface area contributed by atoms with E-state index in [0.29, 0.717) is 0 Å². The predicted molar refractivity (Wildman–Crippen MR) is 89.5 cm³/mol. The zero-order chi connectivity index (χ0) is 18.3. The number of rotatable bonds is 2. The SMILES string of the molecule is COC(=O)c1cc(F)cc2c1C(=O)C(c1ccc(Cl)cc1F)CN2C. The van der Waals surface area contributed by atoms with Crippen LogP contribution in [0.15, 0.2) is 30.3 Å². The molecule has 2 aromatic carbocycles. The zero-order valence-corrected chi connectivity index (χ0v) is 14.2. The lowest BCUT2D eigenvalue weighted by Gasteiger charge is -2.33. The Kier molecular flexibility index (Phi) is 4.47. The number of esters is 1. The molecule has 0 saturated heterocycles. The molecular formula is C18H14ClF2NO3. The van der Waals surface area contributed by atoms with Gasteiger partial charge in [-0.2, -0.15) is 0 Å². The average molecular weight is 366 g/mol. The number of nitrogens with zero attached hydrogens (tertiary/aromatic N) is 1. The van der Waals surface area contributed by atoms with Crippen LogP contribution in [0.25, 0.3) is 0 Å². The van der Waals surface area contributed by atoms with Crippen LogP contribution in [0.4, 0.5) is 14.5 Å². The molecule has 0 bridgehead atoms. The molecule has 0 aromatic heterocycles. The van der Waals surface area contributed by atoms with Crippen molar-refractivity contribution < 1.29 is 23.1 Å². The quantitative estimate of drug-likeness (QED) is 0.759. The molecule has 0 spiro atoms. The Morgan fingerprint density at radius 2 is 2.00 bits per heavy atom. The number of fused-ring (bicyclic) bond motifs is 1. The number of halogens is 3. The standard InChI is InChI=1S/C18H14ClF2NO3/c1-22-8-13(11-4-3-9(19)5-14(11)21)17(23)16-12(18(24)25-2)6-10(20)7-15(16)22/h3-7,13H,8H2,1-2H3. The Labute approximate surface area is 148 Å². The van der Waals surface area contributed by atoms with Gasteiger partial charge in [0, 0.05) is 24.2 Å². The van der Waals surface area contributed by atoms with Crippen LogP contribution in [-0.2, 0) is 4.74 Å². The first kappa shape index (κ1) is 17.4. The number of hydrogen-bond donors (Lipinski definition) is 0. The van der Waals surface area contributed by atoms with E-state index in [-0.39, 0.29) is 33.9 Å². The van der Waals surface area contributed by atoms with Crippen molar-refractivity contribution in [3.63, 3.8) is 0 Å². The van der Waals surface area contributed by atoms with E-state index in [0.717, 1.165) is 19.2 Å². The molecule has 0 aliphatic carbocycles. The topological polar surface area (TPSA) is 46.6 Å². The fourth-order valence-corrected chi connectivity index (χ4v) is 3.24. The summed E-state index contributed by atoms with van der Waals surface area (Å²) in [5.41, 5.74) is 0.304. The van der Waals surface area contributed by atoms with Crippen LogP contribution < -0.4 is 4.90 Å². The summed E-state index contributed by atoms with van der Waals surface area (Å²) in [6, 6.07) is 6.20. The lowest BCUT2D eigenvalue weighted by atomic mass is 9.83. The highest BCUT2D eigenvalue weighted by atomic mass is 35.5. The van der Waals surface area contributed by atoms with Crippen molar-refractivity contribution in [1.29, 1.82) is 0 Å². The molecule has 1 heterocycles. The Balaban J connectivity index is 2.17. The molecule has 7 heteroatoms. The van der Waals surface area contributed by atoms with Gasteiger partial charge in [0.1, 0.15) is 11.6 Å². The number of hydrogen-bond acceptors (Lipinski definition) is 4. The van der Waals surface area contributed by atoms with Gasteiger partial charge in [0.25, 0.3) is 0 Å². The minimum atomic E-state index is -0.844.